The van der Waals surface area contributed by atoms with Crippen LogP contribution in [0.2, 0.25) is 5.02 Å². The number of methoxy groups -OCH3 is 1. The first-order valence-electron chi connectivity index (χ1n) is 8.36. The van der Waals surface area contributed by atoms with E-state index < -0.39 is 27.5 Å². The van der Waals surface area contributed by atoms with Crippen molar-refractivity contribution in [2.45, 2.75) is 4.90 Å². The van der Waals surface area contributed by atoms with Gasteiger partial charge in [-0.1, -0.05) is 41.9 Å². The number of halogens is 1. The van der Waals surface area contributed by atoms with Gasteiger partial charge in [0, 0.05) is 9.90 Å². The van der Waals surface area contributed by atoms with Gasteiger partial charge >= 0.3 is 5.97 Å². The maximum absolute atomic E-state index is 12.5. The van der Waals surface area contributed by atoms with Gasteiger partial charge in [0.25, 0.3) is 0 Å². The second kappa shape index (κ2) is 8.77. The number of hydrogen-bond donors (Lipinski definition) is 1. The summed E-state index contributed by atoms with van der Waals surface area (Å²) in [6, 6.07) is 16.5. The maximum Gasteiger partial charge on any atom is 0.350 e. The summed E-state index contributed by atoms with van der Waals surface area (Å²) in [4.78, 5) is 25.4. The Kier molecular flexibility index (Phi) is 6.36. The predicted octanol–water partition coefficient (Wildman–Crippen LogP) is 4.27. The summed E-state index contributed by atoms with van der Waals surface area (Å²) in [5.74, 6) is -2.15. The number of carbonyl (C=O) groups is 2. The molecule has 1 N–H and O–H groups in total. The summed E-state index contributed by atoms with van der Waals surface area (Å²) >= 11 is 6.92. The highest BCUT2D eigenvalue weighted by Crippen LogP contribution is 2.35. The first-order valence-corrected chi connectivity index (χ1v) is 11.2. The second-order valence-electron chi connectivity index (χ2n) is 5.97. The first-order chi connectivity index (χ1) is 13.8. The number of nitrogens with one attached hydrogen (secondary N) is 1. The van der Waals surface area contributed by atoms with Crippen LogP contribution in [0.4, 0.5) is 5.69 Å². The third-order valence-corrected chi connectivity index (χ3v) is 6.98. The van der Waals surface area contributed by atoms with Crippen molar-refractivity contribution in [3.63, 3.8) is 0 Å². The van der Waals surface area contributed by atoms with E-state index in [1.165, 1.54) is 31.4 Å². The molecule has 0 spiro atoms. The number of ether oxygens (including phenoxy) is 1. The van der Waals surface area contributed by atoms with Gasteiger partial charge < -0.3 is 10.1 Å². The number of sulfone groups is 1. The highest BCUT2D eigenvalue weighted by Gasteiger charge is 2.23. The summed E-state index contributed by atoms with van der Waals surface area (Å²) < 4.78 is 29.7. The number of benzene rings is 2. The number of hydrogen-bond acceptors (Lipinski definition) is 6. The van der Waals surface area contributed by atoms with Crippen LogP contribution >= 0.6 is 22.9 Å². The van der Waals surface area contributed by atoms with Crippen LogP contribution in [0.1, 0.15) is 9.67 Å². The number of esters is 1. The molecular weight excluding hydrogens is 434 g/mol. The van der Waals surface area contributed by atoms with E-state index in [0.29, 0.717) is 5.02 Å². The standard InChI is InChI=1S/C20H16ClNO5S2/c1-27-20(24)19-16(11-17(28-19)13-5-3-2-4-6-13)22-18(23)12-29(25,26)15-9-7-14(21)8-10-15/h2-11H,12H2,1H3,(H,22,23). The third kappa shape index (κ3) is 5.03. The molecular formula is C20H16ClNO5S2. The highest BCUT2D eigenvalue weighted by molar-refractivity contribution is 7.92. The Bertz CT molecular complexity index is 1140. The third-order valence-electron chi connectivity index (χ3n) is 3.93. The summed E-state index contributed by atoms with van der Waals surface area (Å²) in [6.07, 6.45) is 0. The van der Waals surface area contributed by atoms with Gasteiger partial charge in [0.15, 0.2) is 9.84 Å². The molecule has 29 heavy (non-hydrogen) atoms. The SMILES string of the molecule is COC(=O)c1sc(-c2ccccc2)cc1NC(=O)CS(=O)(=O)c1ccc(Cl)cc1. The van der Waals surface area contributed by atoms with Crippen molar-refractivity contribution < 1.29 is 22.7 Å². The van der Waals surface area contributed by atoms with Crippen LogP contribution in [0, 0.1) is 0 Å². The highest BCUT2D eigenvalue weighted by atomic mass is 35.5. The maximum atomic E-state index is 12.5. The number of carbonyl (C=O) groups excluding carboxylic acids is 2. The normalized spacial score (nSPS) is 11.1. The number of rotatable bonds is 6. The molecule has 9 heteroatoms. The molecule has 0 atom stereocenters. The van der Waals surface area contributed by atoms with Gasteiger partial charge in [-0.25, -0.2) is 13.2 Å². The van der Waals surface area contributed by atoms with Gasteiger partial charge in [0.2, 0.25) is 5.91 Å². The van der Waals surface area contributed by atoms with Gasteiger partial charge in [-0.2, -0.15) is 0 Å². The fourth-order valence-corrected chi connectivity index (χ4v) is 4.85. The van der Waals surface area contributed by atoms with Crippen molar-refractivity contribution in [1.29, 1.82) is 0 Å². The Balaban J connectivity index is 1.84. The van der Waals surface area contributed by atoms with Crippen LogP contribution in [-0.4, -0.2) is 33.2 Å². The van der Waals surface area contributed by atoms with Crippen LogP contribution in [0.15, 0.2) is 65.6 Å². The molecule has 0 bridgehead atoms. The lowest BCUT2D eigenvalue weighted by atomic mass is 10.2. The fraction of sp³-hybridized carbons (Fsp3) is 0.100. The Hall–Kier alpha value is -2.68. The van der Waals surface area contributed by atoms with E-state index in [-0.39, 0.29) is 15.5 Å². The molecule has 0 saturated heterocycles. The van der Waals surface area contributed by atoms with Gasteiger partial charge in [0.05, 0.1) is 17.7 Å². The van der Waals surface area contributed by atoms with Crippen molar-refractivity contribution in [3.05, 3.63) is 70.6 Å². The van der Waals surface area contributed by atoms with Gasteiger partial charge in [-0.3, -0.25) is 4.79 Å². The molecule has 0 aliphatic heterocycles. The summed E-state index contributed by atoms with van der Waals surface area (Å²) in [5.41, 5.74) is 1.06. The summed E-state index contributed by atoms with van der Waals surface area (Å²) in [6.45, 7) is 0. The molecule has 0 fully saturated rings. The zero-order valence-corrected chi connectivity index (χ0v) is 17.6. The summed E-state index contributed by atoms with van der Waals surface area (Å²) in [7, 11) is -2.63. The van der Waals surface area contributed by atoms with Crippen LogP contribution in [0.5, 0.6) is 0 Å². The molecule has 3 rings (SSSR count). The molecule has 0 radical (unpaired) electrons. The minimum atomic E-state index is -3.86. The molecule has 2 aromatic carbocycles. The van der Waals surface area contributed by atoms with Crippen molar-refractivity contribution in [3.8, 4) is 10.4 Å². The summed E-state index contributed by atoms with van der Waals surface area (Å²) in [5, 5.41) is 2.91. The van der Waals surface area contributed by atoms with E-state index in [4.69, 9.17) is 16.3 Å². The predicted molar refractivity (Wildman–Crippen MR) is 113 cm³/mol. The van der Waals surface area contributed by atoms with Crippen molar-refractivity contribution in [2.75, 3.05) is 18.2 Å². The van der Waals surface area contributed by atoms with Gasteiger partial charge in [-0.15, -0.1) is 11.3 Å². The molecule has 150 valence electrons. The lowest BCUT2D eigenvalue weighted by Gasteiger charge is -2.07. The van der Waals surface area contributed by atoms with Crippen molar-refractivity contribution in [2.24, 2.45) is 0 Å². The topological polar surface area (TPSA) is 89.5 Å². The Morgan fingerprint density at radius 3 is 2.34 bits per heavy atom. The molecule has 0 aliphatic carbocycles. The Morgan fingerprint density at radius 1 is 1.07 bits per heavy atom. The quantitative estimate of drug-likeness (QED) is 0.567. The number of anilines is 1. The van der Waals surface area contributed by atoms with Crippen LogP contribution in [0.3, 0.4) is 0 Å². The van der Waals surface area contributed by atoms with Crippen LogP contribution < -0.4 is 5.32 Å². The zero-order chi connectivity index (χ0) is 21.0. The molecule has 3 aromatic rings. The lowest BCUT2D eigenvalue weighted by Crippen LogP contribution is -2.23. The average Bonchev–Trinajstić information content (AvgIpc) is 3.11. The largest absolute Gasteiger partial charge is 0.465 e. The molecule has 1 amide bonds. The molecule has 6 nitrogen and oxygen atoms in total. The molecule has 1 aromatic heterocycles. The van der Waals surface area contributed by atoms with Gasteiger partial charge in [0.1, 0.15) is 10.6 Å². The number of amides is 1. The molecule has 0 aliphatic rings. The Morgan fingerprint density at radius 2 is 1.72 bits per heavy atom. The van der Waals surface area contributed by atoms with Crippen LogP contribution in [0.25, 0.3) is 10.4 Å². The first kappa shape index (κ1) is 21.0. The minimum Gasteiger partial charge on any atom is -0.465 e. The Labute approximate surface area is 177 Å². The van der Waals surface area contributed by atoms with E-state index in [1.807, 2.05) is 30.3 Å². The minimum absolute atomic E-state index is 0.0134. The molecule has 0 saturated carbocycles. The monoisotopic (exact) mass is 449 g/mol. The van der Waals surface area contributed by atoms with Crippen molar-refractivity contribution in [1.82, 2.24) is 0 Å². The van der Waals surface area contributed by atoms with E-state index >= 15 is 0 Å². The smallest absolute Gasteiger partial charge is 0.350 e. The second-order valence-corrected chi connectivity index (χ2v) is 9.45. The fourth-order valence-electron chi connectivity index (χ4n) is 2.56. The molecule has 1 heterocycles. The van der Waals surface area contributed by atoms with E-state index in [1.54, 1.807) is 6.07 Å². The zero-order valence-electron chi connectivity index (χ0n) is 15.2. The average molecular weight is 450 g/mol. The van der Waals surface area contributed by atoms with Crippen LogP contribution in [-0.2, 0) is 19.4 Å². The van der Waals surface area contributed by atoms with E-state index in [9.17, 15) is 18.0 Å². The van der Waals surface area contributed by atoms with Gasteiger partial charge in [-0.05, 0) is 35.9 Å². The molecule has 0 unspecified atom stereocenters. The van der Waals surface area contributed by atoms with E-state index in [0.717, 1.165) is 21.8 Å². The van der Waals surface area contributed by atoms with E-state index in [2.05, 4.69) is 5.32 Å². The lowest BCUT2D eigenvalue weighted by molar-refractivity contribution is -0.113. The number of thiophene rings is 1. The van der Waals surface area contributed by atoms with Crippen molar-refractivity contribution >= 4 is 50.3 Å².